The van der Waals surface area contributed by atoms with E-state index in [1.165, 1.54) is 0 Å². The Morgan fingerprint density at radius 3 is 2.00 bits per heavy atom. The van der Waals surface area contributed by atoms with Crippen molar-refractivity contribution in [2.75, 3.05) is 0 Å². The normalized spacial score (nSPS) is 11.3. The van der Waals surface area contributed by atoms with Crippen molar-refractivity contribution in [3.63, 3.8) is 0 Å². The average molecular weight is 223 g/mol. The Kier molecular flexibility index (Phi) is 7.95. The molecule has 10 heavy (non-hydrogen) atoms. The molecule has 0 aliphatic rings. The summed E-state index contributed by atoms with van der Waals surface area (Å²) in [4.78, 5) is 19.6. The SMILES string of the molecule is NC(CC(=O)O)C(=O)O.[H-].[H-].[Sr+2]. The summed E-state index contributed by atoms with van der Waals surface area (Å²) in [7, 11) is 0. The van der Waals surface area contributed by atoms with Crippen LogP contribution in [0.3, 0.4) is 0 Å². The number of aliphatic carboxylic acids is 2. The summed E-state index contributed by atoms with van der Waals surface area (Å²) >= 11 is 0. The number of carboxylic acids is 2. The molecule has 0 rings (SSSR count). The second kappa shape index (κ2) is 6.11. The van der Waals surface area contributed by atoms with Crippen LogP contribution in [0.2, 0.25) is 0 Å². The Labute approximate surface area is 97.4 Å². The summed E-state index contributed by atoms with van der Waals surface area (Å²) in [5.41, 5.74) is 4.84. The van der Waals surface area contributed by atoms with E-state index in [0.717, 1.165) is 0 Å². The standard InChI is InChI=1S/C4H7NO4.Sr.2H/c5-2(4(8)9)1-3(6)7;;;/h2H,1,5H2,(H,6,7)(H,8,9);;;/q;+2;2*-1. The van der Waals surface area contributed by atoms with Crippen LogP contribution in [0.25, 0.3) is 0 Å². The Hall–Kier alpha value is 0.381. The van der Waals surface area contributed by atoms with Gasteiger partial charge in [-0.25, -0.2) is 0 Å². The van der Waals surface area contributed by atoms with Crippen LogP contribution in [0, 0.1) is 0 Å². The van der Waals surface area contributed by atoms with E-state index in [0.29, 0.717) is 0 Å². The summed E-state index contributed by atoms with van der Waals surface area (Å²) < 4.78 is 0. The zero-order chi connectivity index (χ0) is 7.44. The smallest absolute Gasteiger partial charge is 1.00 e. The monoisotopic (exact) mass is 223 g/mol. The molecule has 0 aromatic carbocycles. The van der Waals surface area contributed by atoms with Crippen molar-refractivity contribution in [3.8, 4) is 0 Å². The Bertz CT molecular complexity index is 145. The van der Waals surface area contributed by atoms with Gasteiger partial charge in [0.25, 0.3) is 0 Å². The van der Waals surface area contributed by atoms with Gasteiger partial charge in [-0.1, -0.05) is 0 Å². The molecule has 0 saturated heterocycles. The summed E-state index contributed by atoms with van der Waals surface area (Å²) in [5, 5.41) is 16.0. The number of hydrogen-bond donors (Lipinski definition) is 3. The minimum atomic E-state index is -1.29. The quantitative estimate of drug-likeness (QED) is 0.517. The van der Waals surface area contributed by atoms with Crippen LogP contribution in [-0.2, 0) is 9.59 Å². The molecular formula is C4H9NO4Sr. The third-order valence-electron chi connectivity index (χ3n) is 0.712. The molecule has 0 saturated carbocycles. The van der Waals surface area contributed by atoms with Crippen LogP contribution in [0.4, 0.5) is 0 Å². The fraction of sp³-hybridized carbons (Fsp3) is 0.500. The molecule has 0 aromatic rings. The third-order valence-corrected chi connectivity index (χ3v) is 0.712. The van der Waals surface area contributed by atoms with Gasteiger partial charge in [-0.2, -0.15) is 0 Å². The molecule has 5 nitrogen and oxygen atoms in total. The Morgan fingerprint density at radius 1 is 1.50 bits per heavy atom. The van der Waals surface area contributed by atoms with Gasteiger partial charge < -0.3 is 18.8 Å². The van der Waals surface area contributed by atoms with E-state index < -0.39 is 24.4 Å². The fourth-order valence-electron chi connectivity index (χ4n) is 0.275. The predicted octanol–water partition coefficient (Wildman–Crippen LogP) is -1.28. The van der Waals surface area contributed by atoms with Crippen molar-refractivity contribution in [2.24, 2.45) is 5.73 Å². The van der Waals surface area contributed by atoms with E-state index in [-0.39, 0.29) is 48.3 Å². The minimum absolute atomic E-state index is 0. The fourth-order valence-corrected chi connectivity index (χ4v) is 0.275. The molecule has 0 fully saturated rings. The first kappa shape index (κ1) is 13.0. The molecule has 4 N–H and O–H groups in total. The molecule has 0 bridgehead atoms. The van der Waals surface area contributed by atoms with Crippen molar-refractivity contribution in [2.45, 2.75) is 12.5 Å². The van der Waals surface area contributed by atoms with Gasteiger partial charge >= 0.3 is 57.4 Å². The number of nitrogens with two attached hydrogens (primary N) is 1. The second-order valence-electron chi connectivity index (χ2n) is 1.54. The molecule has 56 valence electrons. The van der Waals surface area contributed by atoms with Crippen LogP contribution >= 0.6 is 0 Å². The van der Waals surface area contributed by atoms with Crippen LogP contribution in [0.15, 0.2) is 0 Å². The van der Waals surface area contributed by atoms with Crippen molar-refractivity contribution >= 4 is 57.4 Å². The summed E-state index contributed by atoms with van der Waals surface area (Å²) in [6.45, 7) is 0. The van der Waals surface area contributed by atoms with Crippen LogP contribution < -0.4 is 5.73 Å². The number of hydrogen-bond acceptors (Lipinski definition) is 3. The maximum atomic E-state index is 9.85. The van der Waals surface area contributed by atoms with Gasteiger partial charge in [0.15, 0.2) is 0 Å². The van der Waals surface area contributed by atoms with E-state index in [4.69, 9.17) is 15.9 Å². The molecule has 0 radical (unpaired) electrons. The molecule has 1 atom stereocenters. The summed E-state index contributed by atoms with van der Waals surface area (Å²) in [6.07, 6.45) is -0.532. The Morgan fingerprint density at radius 2 is 1.90 bits per heavy atom. The van der Waals surface area contributed by atoms with Gasteiger partial charge in [0.05, 0.1) is 6.42 Å². The van der Waals surface area contributed by atoms with Crippen molar-refractivity contribution in [1.29, 1.82) is 0 Å². The predicted molar refractivity (Wildman–Crippen MR) is 35.8 cm³/mol. The van der Waals surface area contributed by atoms with Crippen molar-refractivity contribution in [1.82, 2.24) is 0 Å². The Balaban J connectivity index is -0.000000107. The van der Waals surface area contributed by atoms with E-state index in [9.17, 15) is 9.59 Å². The van der Waals surface area contributed by atoms with Gasteiger partial charge in [-0.3, -0.25) is 9.59 Å². The van der Waals surface area contributed by atoms with Crippen LogP contribution in [-0.4, -0.2) is 73.7 Å². The minimum Gasteiger partial charge on any atom is -1.00 e. The maximum absolute atomic E-state index is 9.85. The van der Waals surface area contributed by atoms with Gasteiger partial charge in [0.2, 0.25) is 0 Å². The van der Waals surface area contributed by atoms with E-state index in [2.05, 4.69) is 0 Å². The van der Waals surface area contributed by atoms with E-state index in [1.807, 2.05) is 0 Å². The van der Waals surface area contributed by atoms with Gasteiger partial charge in [-0.05, 0) is 0 Å². The number of carboxylic acid groups (broad SMARTS) is 2. The third kappa shape index (κ3) is 6.50. The van der Waals surface area contributed by atoms with Crippen LogP contribution in [0.1, 0.15) is 9.27 Å². The molecule has 0 heterocycles. The molecule has 0 amide bonds. The first-order chi connectivity index (χ1) is 4.04. The maximum Gasteiger partial charge on any atom is 2.00 e. The largest absolute Gasteiger partial charge is 2.00 e. The molecule has 0 aromatic heterocycles. The first-order valence-corrected chi connectivity index (χ1v) is 2.24. The molecule has 0 aliphatic heterocycles. The first-order valence-electron chi connectivity index (χ1n) is 2.24. The number of rotatable bonds is 3. The molecule has 0 spiro atoms. The molecule has 6 heteroatoms. The summed E-state index contributed by atoms with van der Waals surface area (Å²) in [6, 6.07) is -1.29. The zero-order valence-electron chi connectivity index (χ0n) is 7.28. The molecule has 0 aliphatic carbocycles. The average Bonchev–Trinajstić information content (AvgIpc) is 1.63. The zero-order valence-corrected chi connectivity index (χ0v) is 8.76. The molecule has 1 unspecified atom stereocenters. The van der Waals surface area contributed by atoms with Crippen molar-refractivity contribution in [3.05, 3.63) is 0 Å². The van der Waals surface area contributed by atoms with Crippen LogP contribution in [0.5, 0.6) is 0 Å². The number of carbonyl (C=O) groups is 2. The molecular weight excluding hydrogens is 214 g/mol. The van der Waals surface area contributed by atoms with Gasteiger partial charge in [0, 0.05) is 0 Å². The topological polar surface area (TPSA) is 101 Å². The van der Waals surface area contributed by atoms with Gasteiger partial charge in [-0.15, -0.1) is 0 Å². The summed E-state index contributed by atoms with van der Waals surface area (Å²) in [5.74, 6) is -2.50. The van der Waals surface area contributed by atoms with Crippen molar-refractivity contribution < 1.29 is 22.7 Å². The van der Waals surface area contributed by atoms with Gasteiger partial charge in [0.1, 0.15) is 6.04 Å². The second-order valence-corrected chi connectivity index (χ2v) is 1.54. The van der Waals surface area contributed by atoms with E-state index in [1.54, 1.807) is 0 Å². The van der Waals surface area contributed by atoms with E-state index >= 15 is 0 Å².